The molecule has 2 rings (SSSR count). The maximum absolute atomic E-state index is 10.1. The average molecular weight is 272 g/mol. The molecule has 0 spiro atoms. The number of ether oxygens (including phenoxy) is 1. The fraction of sp³-hybridized carbons (Fsp3) is 0.312. The minimum atomic E-state index is 0.222. The van der Waals surface area contributed by atoms with Crippen molar-refractivity contribution in [2.75, 3.05) is 13.2 Å². The SMILES string of the molecule is CCOc1cccc(CNCCc2ccccn2)c1O. The van der Waals surface area contributed by atoms with Gasteiger partial charge in [0.1, 0.15) is 0 Å². The van der Waals surface area contributed by atoms with Crippen molar-refractivity contribution in [2.45, 2.75) is 19.9 Å². The van der Waals surface area contributed by atoms with Crippen LogP contribution in [0.15, 0.2) is 42.6 Å². The van der Waals surface area contributed by atoms with E-state index in [9.17, 15) is 5.11 Å². The van der Waals surface area contributed by atoms with E-state index in [0.29, 0.717) is 18.9 Å². The van der Waals surface area contributed by atoms with Crippen LogP contribution in [0, 0.1) is 0 Å². The molecule has 1 aromatic heterocycles. The van der Waals surface area contributed by atoms with Crippen molar-refractivity contribution in [1.29, 1.82) is 0 Å². The van der Waals surface area contributed by atoms with Crippen LogP contribution in [0.3, 0.4) is 0 Å². The zero-order chi connectivity index (χ0) is 14.2. The molecular weight excluding hydrogens is 252 g/mol. The topological polar surface area (TPSA) is 54.4 Å². The molecule has 2 aromatic rings. The second kappa shape index (κ2) is 7.50. The van der Waals surface area contributed by atoms with Crippen LogP contribution >= 0.6 is 0 Å². The van der Waals surface area contributed by atoms with Crippen LogP contribution in [0.2, 0.25) is 0 Å². The lowest BCUT2D eigenvalue weighted by atomic mass is 10.2. The van der Waals surface area contributed by atoms with Crippen molar-refractivity contribution >= 4 is 0 Å². The van der Waals surface area contributed by atoms with Gasteiger partial charge in [0.15, 0.2) is 11.5 Å². The number of aromatic hydroxyl groups is 1. The van der Waals surface area contributed by atoms with Crippen LogP contribution in [-0.4, -0.2) is 23.2 Å². The molecule has 1 heterocycles. The lowest BCUT2D eigenvalue weighted by Crippen LogP contribution is -2.17. The summed E-state index contributed by atoms with van der Waals surface area (Å²) in [6, 6.07) is 11.5. The van der Waals surface area contributed by atoms with Gasteiger partial charge in [0.05, 0.1) is 6.61 Å². The highest BCUT2D eigenvalue weighted by Gasteiger charge is 2.07. The molecule has 4 nitrogen and oxygen atoms in total. The van der Waals surface area contributed by atoms with Gasteiger partial charge in [0.2, 0.25) is 0 Å². The number of nitrogens with zero attached hydrogens (tertiary/aromatic N) is 1. The van der Waals surface area contributed by atoms with Crippen LogP contribution < -0.4 is 10.1 Å². The standard InChI is InChI=1S/C16H20N2O2/c1-2-20-15-8-5-6-13(16(15)19)12-17-11-9-14-7-3-4-10-18-14/h3-8,10,17,19H,2,9,11-12H2,1H3. The summed E-state index contributed by atoms with van der Waals surface area (Å²) in [4.78, 5) is 4.27. The molecule has 2 N–H and O–H groups in total. The summed E-state index contributed by atoms with van der Waals surface area (Å²) in [7, 11) is 0. The Morgan fingerprint density at radius 3 is 2.85 bits per heavy atom. The van der Waals surface area contributed by atoms with E-state index in [1.54, 1.807) is 12.3 Å². The number of rotatable bonds is 7. The van der Waals surface area contributed by atoms with Gasteiger partial charge in [-0.2, -0.15) is 0 Å². The molecule has 0 saturated heterocycles. The molecule has 0 unspecified atom stereocenters. The highest BCUT2D eigenvalue weighted by molar-refractivity contribution is 5.45. The third kappa shape index (κ3) is 3.96. The molecule has 0 aliphatic carbocycles. The number of hydrogen-bond donors (Lipinski definition) is 2. The monoisotopic (exact) mass is 272 g/mol. The number of phenols is 1. The summed E-state index contributed by atoms with van der Waals surface area (Å²) >= 11 is 0. The van der Waals surface area contributed by atoms with Crippen molar-refractivity contribution in [3.8, 4) is 11.5 Å². The molecule has 0 atom stereocenters. The number of benzene rings is 1. The molecule has 0 bridgehead atoms. The number of phenolic OH excluding ortho intramolecular Hbond substituents is 1. The second-order valence-electron chi connectivity index (χ2n) is 4.44. The van der Waals surface area contributed by atoms with E-state index >= 15 is 0 Å². The van der Waals surface area contributed by atoms with E-state index < -0.39 is 0 Å². The van der Waals surface area contributed by atoms with Crippen LogP contribution in [0.5, 0.6) is 11.5 Å². The molecule has 0 radical (unpaired) electrons. The van der Waals surface area contributed by atoms with E-state index in [1.165, 1.54) is 0 Å². The Morgan fingerprint density at radius 1 is 1.20 bits per heavy atom. The first-order valence-corrected chi connectivity index (χ1v) is 6.85. The van der Waals surface area contributed by atoms with E-state index in [1.807, 2.05) is 37.3 Å². The normalized spacial score (nSPS) is 10.4. The highest BCUT2D eigenvalue weighted by atomic mass is 16.5. The molecule has 0 aliphatic rings. The van der Waals surface area contributed by atoms with Crippen molar-refractivity contribution in [3.05, 3.63) is 53.9 Å². The first-order chi connectivity index (χ1) is 9.81. The summed E-state index contributed by atoms with van der Waals surface area (Å²) in [6.45, 7) is 3.87. The first-order valence-electron chi connectivity index (χ1n) is 6.85. The molecule has 4 heteroatoms. The molecule has 20 heavy (non-hydrogen) atoms. The minimum absolute atomic E-state index is 0.222. The maximum atomic E-state index is 10.1. The third-order valence-corrected chi connectivity index (χ3v) is 2.98. The van der Waals surface area contributed by atoms with Gasteiger partial charge in [-0.25, -0.2) is 0 Å². The van der Waals surface area contributed by atoms with E-state index in [2.05, 4.69) is 10.3 Å². The average Bonchev–Trinajstić information content (AvgIpc) is 2.48. The molecule has 0 fully saturated rings. The van der Waals surface area contributed by atoms with Gasteiger partial charge >= 0.3 is 0 Å². The predicted octanol–water partition coefficient (Wildman–Crippen LogP) is 2.52. The van der Waals surface area contributed by atoms with E-state index in [0.717, 1.165) is 24.2 Å². The summed E-state index contributed by atoms with van der Waals surface area (Å²) in [5.74, 6) is 0.760. The van der Waals surface area contributed by atoms with Crippen LogP contribution in [-0.2, 0) is 13.0 Å². The highest BCUT2D eigenvalue weighted by Crippen LogP contribution is 2.29. The first kappa shape index (κ1) is 14.3. The Hall–Kier alpha value is -2.07. The molecule has 106 valence electrons. The lowest BCUT2D eigenvalue weighted by molar-refractivity contribution is 0.316. The molecule has 1 aromatic carbocycles. The number of aromatic nitrogens is 1. The van der Waals surface area contributed by atoms with Crippen LogP contribution in [0.25, 0.3) is 0 Å². The van der Waals surface area contributed by atoms with Gasteiger partial charge in [-0.3, -0.25) is 4.98 Å². The quantitative estimate of drug-likeness (QED) is 0.760. The Labute approximate surface area is 119 Å². The van der Waals surface area contributed by atoms with E-state index in [-0.39, 0.29) is 5.75 Å². The second-order valence-corrected chi connectivity index (χ2v) is 4.44. The van der Waals surface area contributed by atoms with Crippen molar-refractivity contribution in [2.24, 2.45) is 0 Å². The van der Waals surface area contributed by atoms with E-state index in [4.69, 9.17) is 4.74 Å². The Balaban J connectivity index is 1.83. The molecule has 0 saturated carbocycles. The van der Waals surface area contributed by atoms with Gasteiger partial charge in [-0.1, -0.05) is 18.2 Å². The zero-order valence-electron chi connectivity index (χ0n) is 11.7. The summed E-state index contributed by atoms with van der Waals surface area (Å²) in [6.07, 6.45) is 2.67. The van der Waals surface area contributed by atoms with Crippen LogP contribution in [0.4, 0.5) is 0 Å². The molecule has 0 amide bonds. The summed E-state index contributed by atoms with van der Waals surface area (Å²) in [5.41, 5.74) is 1.91. The summed E-state index contributed by atoms with van der Waals surface area (Å²) in [5, 5.41) is 13.4. The number of nitrogens with one attached hydrogen (secondary N) is 1. The Bertz CT molecular complexity index is 529. The van der Waals surface area contributed by atoms with Gasteiger partial charge in [-0.15, -0.1) is 0 Å². The minimum Gasteiger partial charge on any atom is -0.504 e. The van der Waals surface area contributed by atoms with Gasteiger partial charge in [0, 0.05) is 37.0 Å². The third-order valence-electron chi connectivity index (χ3n) is 2.98. The molecule has 0 aliphatic heterocycles. The Morgan fingerprint density at radius 2 is 2.10 bits per heavy atom. The summed E-state index contributed by atoms with van der Waals surface area (Å²) < 4.78 is 5.37. The van der Waals surface area contributed by atoms with Gasteiger partial charge in [0.25, 0.3) is 0 Å². The van der Waals surface area contributed by atoms with Gasteiger partial charge < -0.3 is 15.2 Å². The number of hydrogen-bond acceptors (Lipinski definition) is 4. The fourth-order valence-corrected chi connectivity index (χ4v) is 1.97. The lowest BCUT2D eigenvalue weighted by Gasteiger charge is -2.10. The van der Waals surface area contributed by atoms with Crippen molar-refractivity contribution in [3.63, 3.8) is 0 Å². The number of para-hydroxylation sites is 1. The number of pyridine rings is 1. The molecular formula is C16H20N2O2. The predicted molar refractivity (Wildman–Crippen MR) is 78.9 cm³/mol. The van der Waals surface area contributed by atoms with Crippen molar-refractivity contribution < 1.29 is 9.84 Å². The zero-order valence-corrected chi connectivity index (χ0v) is 11.7. The Kier molecular flexibility index (Phi) is 5.38. The maximum Gasteiger partial charge on any atom is 0.162 e. The smallest absolute Gasteiger partial charge is 0.162 e. The van der Waals surface area contributed by atoms with Gasteiger partial charge in [-0.05, 0) is 25.1 Å². The van der Waals surface area contributed by atoms with Crippen LogP contribution in [0.1, 0.15) is 18.2 Å². The van der Waals surface area contributed by atoms with Crippen molar-refractivity contribution in [1.82, 2.24) is 10.3 Å². The largest absolute Gasteiger partial charge is 0.504 e. The fourth-order valence-electron chi connectivity index (χ4n) is 1.97.